The van der Waals surface area contributed by atoms with Crippen molar-refractivity contribution in [3.8, 4) is 0 Å². The van der Waals surface area contributed by atoms with Crippen molar-refractivity contribution in [2.24, 2.45) is 0 Å². The van der Waals surface area contributed by atoms with E-state index in [0.29, 0.717) is 30.1 Å². The van der Waals surface area contributed by atoms with E-state index < -0.39 is 6.04 Å². The highest BCUT2D eigenvalue weighted by Crippen LogP contribution is 2.37. The van der Waals surface area contributed by atoms with Crippen LogP contribution in [0.1, 0.15) is 67.8 Å². The maximum absolute atomic E-state index is 13.5. The molecule has 0 saturated heterocycles. The second-order valence-corrected chi connectivity index (χ2v) is 10.8. The van der Waals surface area contributed by atoms with Crippen molar-refractivity contribution in [2.45, 2.75) is 70.5 Å². The molecule has 3 aromatic carbocycles. The molecule has 3 amide bonds. The minimum Gasteiger partial charge on any atom is -0.352 e. The van der Waals surface area contributed by atoms with Crippen LogP contribution in [0.3, 0.4) is 0 Å². The predicted octanol–water partition coefficient (Wildman–Crippen LogP) is 6.10. The number of rotatable bonds is 9. The second-order valence-electron chi connectivity index (χ2n) is 10.4. The van der Waals surface area contributed by atoms with Gasteiger partial charge in [-0.3, -0.25) is 14.4 Å². The Morgan fingerprint density at radius 3 is 2.55 bits per heavy atom. The van der Waals surface area contributed by atoms with Crippen molar-refractivity contribution in [1.29, 1.82) is 0 Å². The number of benzene rings is 3. The van der Waals surface area contributed by atoms with Crippen LogP contribution in [0.25, 0.3) is 10.8 Å². The van der Waals surface area contributed by atoms with Crippen LogP contribution >= 0.6 is 11.6 Å². The molecule has 1 aliphatic heterocycles. The molecule has 1 atom stereocenters. The van der Waals surface area contributed by atoms with Gasteiger partial charge >= 0.3 is 0 Å². The van der Waals surface area contributed by atoms with E-state index in [2.05, 4.69) is 5.32 Å². The molecule has 1 fully saturated rings. The number of nitrogens with one attached hydrogen (secondary N) is 1. The van der Waals surface area contributed by atoms with E-state index in [1.807, 2.05) is 54.6 Å². The molecule has 5 rings (SSSR count). The van der Waals surface area contributed by atoms with Crippen LogP contribution < -0.4 is 10.2 Å². The van der Waals surface area contributed by atoms with E-state index in [0.717, 1.165) is 47.7 Å². The smallest absolute Gasteiger partial charge is 0.258 e. The van der Waals surface area contributed by atoms with Gasteiger partial charge in [0.1, 0.15) is 6.04 Å². The summed E-state index contributed by atoms with van der Waals surface area (Å²) in [5.41, 5.74) is 2.48. The zero-order valence-electron chi connectivity index (χ0n) is 21.8. The third kappa shape index (κ3) is 5.56. The Hall–Kier alpha value is -3.38. The van der Waals surface area contributed by atoms with E-state index in [1.54, 1.807) is 22.8 Å². The number of anilines is 1. The highest BCUT2D eigenvalue weighted by atomic mass is 35.5. The van der Waals surface area contributed by atoms with Crippen molar-refractivity contribution < 1.29 is 14.4 Å². The van der Waals surface area contributed by atoms with Crippen molar-refractivity contribution >= 4 is 45.8 Å². The Kier molecular flexibility index (Phi) is 7.98. The molecule has 0 bridgehead atoms. The van der Waals surface area contributed by atoms with E-state index in [1.165, 1.54) is 6.42 Å². The van der Waals surface area contributed by atoms with Crippen molar-refractivity contribution in [1.82, 2.24) is 10.2 Å². The van der Waals surface area contributed by atoms with Crippen molar-refractivity contribution in [2.75, 3.05) is 11.4 Å². The topological polar surface area (TPSA) is 69.7 Å². The number of nitrogens with zero attached hydrogens (tertiary/aromatic N) is 2. The zero-order chi connectivity index (χ0) is 26.6. The summed E-state index contributed by atoms with van der Waals surface area (Å²) >= 11 is 6.20. The number of halogens is 1. The molecule has 1 N–H and O–H groups in total. The Labute approximate surface area is 228 Å². The molecule has 6 nitrogen and oxygen atoms in total. The highest BCUT2D eigenvalue weighted by molar-refractivity contribution is 6.30. The number of hydrogen-bond donors (Lipinski definition) is 1. The summed E-state index contributed by atoms with van der Waals surface area (Å²) in [5, 5.41) is 5.77. The van der Waals surface area contributed by atoms with Gasteiger partial charge in [0.2, 0.25) is 11.8 Å². The van der Waals surface area contributed by atoms with Crippen LogP contribution in [0.4, 0.5) is 5.69 Å². The molecule has 38 heavy (non-hydrogen) atoms. The molecule has 1 heterocycles. The lowest BCUT2D eigenvalue weighted by Gasteiger charge is -2.31. The third-order valence-corrected chi connectivity index (χ3v) is 8.02. The van der Waals surface area contributed by atoms with Gasteiger partial charge in [-0.15, -0.1) is 0 Å². The molecule has 0 aromatic heterocycles. The minimum absolute atomic E-state index is 0.0275. The van der Waals surface area contributed by atoms with Gasteiger partial charge in [-0.25, -0.2) is 0 Å². The quantitative estimate of drug-likeness (QED) is 0.362. The Morgan fingerprint density at radius 1 is 1.05 bits per heavy atom. The van der Waals surface area contributed by atoms with Crippen LogP contribution in [-0.2, 0) is 16.1 Å². The first-order valence-corrected chi connectivity index (χ1v) is 14.0. The molecular formula is C31H34ClN3O3. The normalized spacial score (nSPS) is 16.1. The van der Waals surface area contributed by atoms with Crippen LogP contribution in [0.5, 0.6) is 0 Å². The first-order chi connectivity index (χ1) is 18.4. The van der Waals surface area contributed by atoms with E-state index in [-0.39, 0.29) is 30.2 Å². The molecular weight excluding hydrogens is 498 g/mol. The number of carbonyl (C=O) groups excluding carboxylic acids is 3. The molecule has 2 aliphatic rings. The molecule has 0 radical (unpaired) electrons. The summed E-state index contributed by atoms with van der Waals surface area (Å²) in [4.78, 5) is 43.3. The van der Waals surface area contributed by atoms with Gasteiger partial charge in [0.25, 0.3) is 5.91 Å². The lowest BCUT2D eigenvalue weighted by Crippen LogP contribution is -2.50. The molecule has 1 aliphatic carbocycles. The average molecular weight is 532 g/mol. The van der Waals surface area contributed by atoms with Crippen molar-refractivity contribution in [3.63, 3.8) is 0 Å². The fourth-order valence-corrected chi connectivity index (χ4v) is 5.93. The van der Waals surface area contributed by atoms with E-state index >= 15 is 0 Å². The first-order valence-electron chi connectivity index (χ1n) is 13.6. The van der Waals surface area contributed by atoms with Crippen LogP contribution in [0.15, 0.2) is 60.7 Å². The van der Waals surface area contributed by atoms with Gasteiger partial charge in [-0.1, -0.05) is 67.3 Å². The Morgan fingerprint density at radius 2 is 1.79 bits per heavy atom. The predicted molar refractivity (Wildman–Crippen MR) is 151 cm³/mol. The van der Waals surface area contributed by atoms with Gasteiger partial charge in [0.05, 0.1) is 5.69 Å². The van der Waals surface area contributed by atoms with Gasteiger partial charge < -0.3 is 15.1 Å². The standard InChI is InChI=1S/C31H34ClN3O3/c1-21(30(37)33-25-13-3-2-4-14-25)35(20-22-9-5-12-24(32)19-22)28(36)17-8-18-34-27-16-7-11-23-10-6-15-26(29(23)27)31(34)38/h5-7,9-12,15-16,19,21,25H,2-4,8,13-14,17-18,20H2,1H3,(H,33,37)/t21-/m1/s1. The number of hydrogen-bond acceptors (Lipinski definition) is 3. The van der Waals surface area contributed by atoms with Crippen molar-refractivity contribution in [3.05, 3.63) is 76.8 Å². The minimum atomic E-state index is -0.616. The molecule has 7 heteroatoms. The van der Waals surface area contributed by atoms with Gasteiger partial charge in [-0.05, 0) is 61.4 Å². The molecule has 198 valence electrons. The summed E-state index contributed by atoms with van der Waals surface area (Å²) in [7, 11) is 0. The van der Waals surface area contributed by atoms with Crippen LogP contribution in [-0.4, -0.2) is 41.2 Å². The maximum atomic E-state index is 13.5. The summed E-state index contributed by atoms with van der Waals surface area (Å²) in [6.07, 6.45) is 6.16. The molecule has 3 aromatic rings. The van der Waals surface area contributed by atoms with Gasteiger partial charge in [0, 0.05) is 41.5 Å². The summed E-state index contributed by atoms with van der Waals surface area (Å²) in [6.45, 7) is 2.53. The van der Waals surface area contributed by atoms with Crippen LogP contribution in [0, 0.1) is 0 Å². The van der Waals surface area contributed by atoms with E-state index in [4.69, 9.17) is 11.6 Å². The Balaban J connectivity index is 1.27. The van der Waals surface area contributed by atoms with Crippen LogP contribution in [0.2, 0.25) is 5.02 Å². The number of carbonyl (C=O) groups is 3. The van der Waals surface area contributed by atoms with Gasteiger partial charge in [0.15, 0.2) is 0 Å². The largest absolute Gasteiger partial charge is 0.352 e. The first kappa shape index (κ1) is 26.2. The third-order valence-electron chi connectivity index (χ3n) is 7.78. The highest BCUT2D eigenvalue weighted by Gasteiger charge is 2.31. The monoisotopic (exact) mass is 531 g/mol. The zero-order valence-corrected chi connectivity index (χ0v) is 22.5. The molecule has 0 spiro atoms. The second kappa shape index (κ2) is 11.6. The number of amides is 3. The lowest BCUT2D eigenvalue weighted by molar-refractivity contribution is -0.141. The van der Waals surface area contributed by atoms with E-state index in [9.17, 15) is 14.4 Å². The Bertz CT molecular complexity index is 1350. The molecule has 0 unspecified atom stereocenters. The fraction of sp³-hybridized carbons (Fsp3) is 0.387. The SMILES string of the molecule is C[C@H](C(=O)NC1CCCCC1)N(Cc1cccc(Cl)c1)C(=O)CCCN1C(=O)c2cccc3cccc1c23. The summed E-state index contributed by atoms with van der Waals surface area (Å²) in [6, 6.07) is 18.6. The van der Waals surface area contributed by atoms with Gasteiger partial charge in [-0.2, -0.15) is 0 Å². The average Bonchev–Trinajstić information content (AvgIpc) is 3.20. The summed E-state index contributed by atoms with van der Waals surface area (Å²) in [5.74, 6) is -0.261. The lowest BCUT2D eigenvalue weighted by atomic mass is 9.95. The molecule has 1 saturated carbocycles. The summed E-state index contributed by atoms with van der Waals surface area (Å²) < 4.78 is 0. The fourth-order valence-electron chi connectivity index (χ4n) is 5.72. The maximum Gasteiger partial charge on any atom is 0.258 e.